The van der Waals surface area contributed by atoms with Crippen LogP contribution in [-0.4, -0.2) is 41.5 Å². The fourth-order valence-corrected chi connectivity index (χ4v) is 3.21. The standard InChI is InChI=1S/C19H21ClFN3O2/c1-2-24-11-9-13(10-12-24)26-17-8-4-7-16(22-17)23-19(25)18-14(20)5-3-6-15(18)21/h3-8,13H,2,9-12H2,1H3,(H,22,23,25). The third-order valence-electron chi connectivity index (χ3n) is 4.42. The van der Waals surface area contributed by atoms with Gasteiger partial charge in [-0.15, -0.1) is 0 Å². The summed E-state index contributed by atoms with van der Waals surface area (Å²) >= 11 is 5.92. The zero-order valence-corrected chi connectivity index (χ0v) is 15.3. The molecule has 26 heavy (non-hydrogen) atoms. The van der Waals surface area contributed by atoms with Crippen molar-refractivity contribution in [1.29, 1.82) is 0 Å². The van der Waals surface area contributed by atoms with Crippen molar-refractivity contribution in [3.8, 4) is 5.88 Å². The van der Waals surface area contributed by atoms with E-state index in [9.17, 15) is 9.18 Å². The summed E-state index contributed by atoms with van der Waals surface area (Å²) in [5.74, 6) is -0.589. The lowest BCUT2D eigenvalue weighted by molar-refractivity contribution is 0.0997. The molecule has 0 radical (unpaired) electrons. The van der Waals surface area contributed by atoms with Crippen molar-refractivity contribution in [2.75, 3.05) is 25.0 Å². The van der Waals surface area contributed by atoms with Crippen LogP contribution >= 0.6 is 11.6 Å². The van der Waals surface area contributed by atoms with E-state index in [0.717, 1.165) is 32.5 Å². The van der Waals surface area contributed by atoms with Gasteiger partial charge in [0.2, 0.25) is 5.88 Å². The van der Waals surface area contributed by atoms with Gasteiger partial charge in [0.25, 0.3) is 5.91 Å². The van der Waals surface area contributed by atoms with Gasteiger partial charge in [0, 0.05) is 19.2 Å². The number of nitrogens with one attached hydrogen (secondary N) is 1. The molecule has 0 aliphatic carbocycles. The predicted molar refractivity (Wildman–Crippen MR) is 99.4 cm³/mol. The number of anilines is 1. The van der Waals surface area contributed by atoms with Crippen LogP contribution in [0, 0.1) is 5.82 Å². The molecule has 1 saturated heterocycles. The van der Waals surface area contributed by atoms with E-state index < -0.39 is 11.7 Å². The van der Waals surface area contributed by atoms with Gasteiger partial charge in [0.15, 0.2) is 0 Å². The molecule has 1 fully saturated rings. The largest absolute Gasteiger partial charge is 0.474 e. The quantitative estimate of drug-likeness (QED) is 0.856. The van der Waals surface area contributed by atoms with Gasteiger partial charge in [-0.1, -0.05) is 30.7 Å². The van der Waals surface area contributed by atoms with E-state index in [2.05, 4.69) is 22.1 Å². The number of pyridine rings is 1. The monoisotopic (exact) mass is 377 g/mol. The molecule has 1 aromatic carbocycles. The van der Waals surface area contributed by atoms with E-state index in [0.29, 0.717) is 5.88 Å². The number of benzene rings is 1. The van der Waals surface area contributed by atoms with E-state index in [1.807, 2.05) is 0 Å². The molecule has 138 valence electrons. The first-order chi connectivity index (χ1) is 12.6. The molecular formula is C19H21ClFN3O2. The highest BCUT2D eigenvalue weighted by molar-refractivity contribution is 6.34. The van der Waals surface area contributed by atoms with E-state index in [-0.39, 0.29) is 22.5 Å². The Labute approximate surface area is 157 Å². The summed E-state index contributed by atoms with van der Waals surface area (Å²) in [6.07, 6.45) is 1.99. The van der Waals surface area contributed by atoms with Crippen molar-refractivity contribution < 1.29 is 13.9 Å². The fourth-order valence-electron chi connectivity index (χ4n) is 2.96. The number of halogens is 2. The number of piperidine rings is 1. The maximum Gasteiger partial charge on any atom is 0.261 e. The number of hydrogen-bond donors (Lipinski definition) is 1. The van der Waals surface area contributed by atoms with Crippen LogP contribution in [0.5, 0.6) is 5.88 Å². The fraction of sp³-hybridized carbons (Fsp3) is 0.368. The van der Waals surface area contributed by atoms with Crippen molar-refractivity contribution in [3.63, 3.8) is 0 Å². The first-order valence-corrected chi connectivity index (χ1v) is 9.06. The van der Waals surface area contributed by atoms with E-state index in [4.69, 9.17) is 16.3 Å². The number of amides is 1. The first-order valence-electron chi connectivity index (χ1n) is 8.68. The van der Waals surface area contributed by atoms with Crippen LogP contribution in [0.15, 0.2) is 36.4 Å². The Morgan fingerprint density at radius 3 is 2.73 bits per heavy atom. The van der Waals surface area contributed by atoms with Crippen LogP contribution in [0.4, 0.5) is 10.2 Å². The molecule has 5 nitrogen and oxygen atoms in total. The molecule has 0 bridgehead atoms. The third-order valence-corrected chi connectivity index (χ3v) is 4.74. The number of ether oxygens (including phenoxy) is 1. The van der Waals surface area contributed by atoms with E-state index in [1.165, 1.54) is 18.2 Å². The lowest BCUT2D eigenvalue weighted by Crippen LogP contribution is -2.38. The SMILES string of the molecule is CCN1CCC(Oc2cccc(NC(=O)c3c(F)cccc3Cl)n2)CC1. The predicted octanol–water partition coefficient (Wildman–Crippen LogP) is 3.99. The van der Waals surface area contributed by atoms with Crippen molar-refractivity contribution in [2.45, 2.75) is 25.9 Å². The summed E-state index contributed by atoms with van der Waals surface area (Å²) in [5, 5.41) is 2.62. The van der Waals surface area contributed by atoms with Crippen LogP contribution in [0.2, 0.25) is 5.02 Å². The summed E-state index contributed by atoms with van der Waals surface area (Å²) in [5.41, 5.74) is -0.200. The lowest BCUT2D eigenvalue weighted by atomic mass is 10.1. The van der Waals surface area contributed by atoms with Gasteiger partial charge in [-0.3, -0.25) is 4.79 Å². The van der Waals surface area contributed by atoms with Gasteiger partial charge < -0.3 is 15.0 Å². The third kappa shape index (κ3) is 4.51. The first kappa shape index (κ1) is 18.6. The molecule has 3 rings (SSSR count). The zero-order chi connectivity index (χ0) is 18.5. The minimum atomic E-state index is -0.676. The van der Waals surface area contributed by atoms with Crippen LogP contribution in [0.25, 0.3) is 0 Å². The second-order valence-corrected chi connectivity index (χ2v) is 6.57. The highest BCUT2D eigenvalue weighted by Crippen LogP contribution is 2.22. The molecule has 0 spiro atoms. The average molecular weight is 378 g/mol. The average Bonchev–Trinajstić information content (AvgIpc) is 2.62. The van der Waals surface area contributed by atoms with Gasteiger partial charge in [0.1, 0.15) is 17.7 Å². The number of rotatable bonds is 5. The second-order valence-electron chi connectivity index (χ2n) is 6.16. The Hall–Kier alpha value is -2.18. The summed E-state index contributed by atoms with van der Waals surface area (Å²) in [6.45, 7) is 5.20. The Balaban J connectivity index is 1.65. The normalized spacial score (nSPS) is 15.7. The van der Waals surface area contributed by atoms with Crippen molar-refractivity contribution >= 4 is 23.3 Å². The molecule has 1 aromatic heterocycles. The Kier molecular flexibility index (Phi) is 6.06. The molecule has 1 aliphatic rings. The molecule has 0 unspecified atom stereocenters. The van der Waals surface area contributed by atoms with Gasteiger partial charge in [-0.25, -0.2) is 4.39 Å². The Morgan fingerprint density at radius 1 is 1.31 bits per heavy atom. The molecule has 0 saturated carbocycles. The zero-order valence-electron chi connectivity index (χ0n) is 14.5. The molecule has 1 N–H and O–H groups in total. The summed E-state index contributed by atoms with van der Waals surface area (Å²) in [4.78, 5) is 19.0. The van der Waals surface area contributed by atoms with Crippen molar-refractivity contribution in [3.05, 3.63) is 52.8 Å². The number of hydrogen-bond acceptors (Lipinski definition) is 4. The number of likely N-dealkylation sites (tertiary alicyclic amines) is 1. The van der Waals surface area contributed by atoms with Gasteiger partial charge in [0.05, 0.1) is 10.6 Å². The second kappa shape index (κ2) is 8.47. The molecular weight excluding hydrogens is 357 g/mol. The number of aromatic nitrogens is 1. The van der Waals surface area contributed by atoms with Crippen LogP contribution in [-0.2, 0) is 0 Å². The number of nitrogens with zero attached hydrogens (tertiary/aromatic N) is 2. The smallest absolute Gasteiger partial charge is 0.261 e. The van der Waals surface area contributed by atoms with Crippen molar-refractivity contribution in [2.24, 2.45) is 0 Å². The van der Waals surface area contributed by atoms with E-state index in [1.54, 1.807) is 18.2 Å². The highest BCUT2D eigenvalue weighted by atomic mass is 35.5. The molecule has 0 atom stereocenters. The highest BCUT2D eigenvalue weighted by Gasteiger charge is 2.20. The molecule has 1 amide bonds. The summed E-state index contributed by atoms with van der Waals surface area (Å²) in [6, 6.07) is 9.22. The maximum absolute atomic E-state index is 13.9. The molecule has 2 heterocycles. The van der Waals surface area contributed by atoms with Crippen LogP contribution < -0.4 is 10.1 Å². The molecule has 1 aliphatic heterocycles. The van der Waals surface area contributed by atoms with Crippen molar-refractivity contribution in [1.82, 2.24) is 9.88 Å². The minimum absolute atomic E-state index is 0.0533. The Bertz CT molecular complexity index is 759. The number of carbonyl (C=O) groups excluding carboxylic acids is 1. The van der Waals surface area contributed by atoms with Crippen LogP contribution in [0.1, 0.15) is 30.1 Å². The topological polar surface area (TPSA) is 54.5 Å². The Morgan fingerprint density at radius 2 is 2.04 bits per heavy atom. The molecule has 2 aromatic rings. The number of carbonyl (C=O) groups is 1. The van der Waals surface area contributed by atoms with Crippen LogP contribution in [0.3, 0.4) is 0 Å². The molecule has 7 heteroatoms. The summed E-state index contributed by atoms with van der Waals surface area (Å²) < 4.78 is 19.8. The minimum Gasteiger partial charge on any atom is -0.474 e. The van der Waals surface area contributed by atoms with Gasteiger partial charge in [-0.05, 0) is 37.6 Å². The maximum atomic E-state index is 13.9. The summed E-state index contributed by atoms with van der Waals surface area (Å²) in [7, 11) is 0. The van der Waals surface area contributed by atoms with Gasteiger partial charge in [-0.2, -0.15) is 4.98 Å². The lowest BCUT2D eigenvalue weighted by Gasteiger charge is -2.30. The van der Waals surface area contributed by atoms with Gasteiger partial charge >= 0.3 is 0 Å². The van der Waals surface area contributed by atoms with E-state index >= 15 is 0 Å².